The molecule has 0 saturated carbocycles. The molecule has 29 heavy (non-hydrogen) atoms. The summed E-state index contributed by atoms with van der Waals surface area (Å²) in [5.74, 6) is 1.11. The molecular weight excluding hydrogens is 360 g/mol. The molecule has 0 N–H and O–H groups in total. The Bertz CT molecular complexity index is 992. The Morgan fingerprint density at radius 3 is 2.38 bits per heavy atom. The number of amides is 1. The predicted molar refractivity (Wildman–Crippen MR) is 116 cm³/mol. The van der Waals surface area contributed by atoms with Crippen LogP contribution >= 0.6 is 0 Å². The smallest absolute Gasteiger partial charge is 0.227 e. The topological polar surface area (TPSA) is 49.3 Å². The second-order valence-electron chi connectivity index (χ2n) is 7.66. The lowest BCUT2D eigenvalue weighted by Crippen LogP contribution is -2.49. The molecule has 1 saturated heterocycles. The molecule has 1 aliphatic rings. The Balaban J connectivity index is 1.39. The standard InChI is InChI=1S/C24H26N4O/c1-18-6-8-20(9-7-18)15-24(29)28-12-10-27(11-13-28)23-16-22(25-17-26-23)21-5-3-4-19(2)14-21/h3-9,14,16-17H,10-13,15H2,1-2H3. The Morgan fingerprint density at radius 1 is 0.897 bits per heavy atom. The van der Waals surface area contributed by atoms with Gasteiger partial charge in [-0.1, -0.05) is 53.6 Å². The normalized spacial score (nSPS) is 14.1. The van der Waals surface area contributed by atoms with E-state index in [0.29, 0.717) is 19.5 Å². The number of carbonyl (C=O) groups is 1. The van der Waals surface area contributed by atoms with E-state index in [1.807, 2.05) is 29.2 Å². The number of carbonyl (C=O) groups excluding carboxylic acids is 1. The molecule has 1 fully saturated rings. The van der Waals surface area contributed by atoms with E-state index in [0.717, 1.165) is 35.7 Å². The van der Waals surface area contributed by atoms with E-state index < -0.39 is 0 Å². The number of aromatic nitrogens is 2. The first kappa shape index (κ1) is 19.1. The molecule has 4 rings (SSSR count). The predicted octanol–water partition coefficient (Wildman–Crippen LogP) is 3.65. The first-order valence-corrected chi connectivity index (χ1v) is 10.1. The van der Waals surface area contributed by atoms with E-state index in [2.05, 4.69) is 59.0 Å². The van der Waals surface area contributed by atoms with Crippen molar-refractivity contribution in [1.29, 1.82) is 0 Å². The van der Waals surface area contributed by atoms with E-state index in [-0.39, 0.29) is 5.91 Å². The summed E-state index contributed by atoms with van der Waals surface area (Å²) < 4.78 is 0. The summed E-state index contributed by atoms with van der Waals surface area (Å²) in [7, 11) is 0. The zero-order chi connectivity index (χ0) is 20.2. The van der Waals surface area contributed by atoms with Crippen LogP contribution < -0.4 is 4.90 Å². The molecule has 0 radical (unpaired) electrons. The summed E-state index contributed by atoms with van der Waals surface area (Å²) in [6, 6.07) is 18.6. The van der Waals surface area contributed by atoms with Crippen molar-refractivity contribution in [2.75, 3.05) is 31.1 Å². The highest BCUT2D eigenvalue weighted by molar-refractivity contribution is 5.79. The number of nitrogens with zero attached hydrogens (tertiary/aromatic N) is 4. The Hall–Kier alpha value is -3.21. The van der Waals surface area contributed by atoms with Crippen molar-refractivity contribution in [2.45, 2.75) is 20.3 Å². The van der Waals surface area contributed by atoms with E-state index >= 15 is 0 Å². The van der Waals surface area contributed by atoms with Crippen molar-refractivity contribution >= 4 is 11.7 Å². The summed E-state index contributed by atoms with van der Waals surface area (Å²) in [4.78, 5) is 25.7. The van der Waals surface area contributed by atoms with Crippen molar-refractivity contribution in [2.24, 2.45) is 0 Å². The van der Waals surface area contributed by atoms with Crippen molar-refractivity contribution in [3.63, 3.8) is 0 Å². The molecular formula is C24H26N4O. The molecule has 148 valence electrons. The van der Waals surface area contributed by atoms with Gasteiger partial charge in [0.15, 0.2) is 0 Å². The van der Waals surface area contributed by atoms with Crippen LogP contribution in [-0.2, 0) is 11.2 Å². The van der Waals surface area contributed by atoms with Gasteiger partial charge in [0.25, 0.3) is 0 Å². The fourth-order valence-corrected chi connectivity index (χ4v) is 3.66. The molecule has 0 unspecified atom stereocenters. The monoisotopic (exact) mass is 386 g/mol. The maximum Gasteiger partial charge on any atom is 0.227 e. The van der Waals surface area contributed by atoms with E-state index in [4.69, 9.17) is 0 Å². The lowest BCUT2D eigenvalue weighted by molar-refractivity contribution is -0.130. The van der Waals surface area contributed by atoms with Crippen molar-refractivity contribution in [1.82, 2.24) is 14.9 Å². The highest BCUT2D eigenvalue weighted by atomic mass is 16.2. The van der Waals surface area contributed by atoms with Gasteiger partial charge in [0.2, 0.25) is 5.91 Å². The van der Waals surface area contributed by atoms with E-state index in [9.17, 15) is 4.79 Å². The molecule has 0 atom stereocenters. The zero-order valence-corrected chi connectivity index (χ0v) is 17.0. The minimum Gasteiger partial charge on any atom is -0.353 e. The van der Waals surface area contributed by atoms with Gasteiger partial charge in [-0.3, -0.25) is 4.79 Å². The second-order valence-corrected chi connectivity index (χ2v) is 7.66. The lowest BCUT2D eigenvalue weighted by atomic mass is 10.1. The molecule has 2 aromatic carbocycles. The first-order valence-electron chi connectivity index (χ1n) is 10.1. The van der Waals surface area contributed by atoms with Crippen LogP contribution in [0.4, 0.5) is 5.82 Å². The molecule has 2 heterocycles. The molecule has 1 amide bonds. The number of hydrogen-bond acceptors (Lipinski definition) is 4. The molecule has 0 spiro atoms. The van der Waals surface area contributed by atoms with Crippen molar-refractivity contribution < 1.29 is 4.79 Å². The number of aryl methyl sites for hydroxylation is 2. The number of anilines is 1. The molecule has 5 heteroatoms. The van der Waals surface area contributed by atoms with Crippen LogP contribution in [0, 0.1) is 13.8 Å². The SMILES string of the molecule is Cc1ccc(CC(=O)N2CCN(c3cc(-c4cccc(C)c4)ncn3)CC2)cc1. The van der Waals surface area contributed by atoms with Gasteiger partial charge in [0.1, 0.15) is 12.1 Å². The van der Waals surface area contributed by atoms with Crippen LogP contribution in [0.3, 0.4) is 0 Å². The molecule has 1 aromatic heterocycles. The van der Waals surface area contributed by atoms with Gasteiger partial charge >= 0.3 is 0 Å². The third kappa shape index (κ3) is 4.62. The summed E-state index contributed by atoms with van der Waals surface area (Å²) in [5.41, 5.74) is 5.52. The van der Waals surface area contributed by atoms with Crippen molar-refractivity contribution in [3.05, 3.63) is 77.6 Å². The number of piperazine rings is 1. The summed E-state index contributed by atoms with van der Waals surface area (Å²) in [5, 5.41) is 0. The van der Waals surface area contributed by atoms with Gasteiger partial charge in [-0.2, -0.15) is 0 Å². The Kier molecular flexibility index (Phi) is 5.56. The third-order valence-corrected chi connectivity index (χ3v) is 5.40. The summed E-state index contributed by atoms with van der Waals surface area (Å²) in [6.07, 6.45) is 2.09. The second kappa shape index (κ2) is 8.43. The van der Waals surface area contributed by atoms with Gasteiger partial charge in [0.05, 0.1) is 12.1 Å². The lowest BCUT2D eigenvalue weighted by Gasteiger charge is -2.35. The van der Waals surface area contributed by atoms with Gasteiger partial charge in [-0.25, -0.2) is 9.97 Å². The minimum atomic E-state index is 0.191. The van der Waals surface area contributed by atoms with Crippen LogP contribution in [0.2, 0.25) is 0 Å². The van der Waals surface area contributed by atoms with Crippen LogP contribution in [0.25, 0.3) is 11.3 Å². The van der Waals surface area contributed by atoms with Crippen LogP contribution in [0.15, 0.2) is 60.9 Å². The van der Waals surface area contributed by atoms with Crippen LogP contribution in [-0.4, -0.2) is 47.0 Å². The van der Waals surface area contributed by atoms with Gasteiger partial charge in [0, 0.05) is 37.8 Å². The van der Waals surface area contributed by atoms with Crippen LogP contribution in [0.1, 0.15) is 16.7 Å². The Morgan fingerprint density at radius 2 is 1.66 bits per heavy atom. The molecule has 3 aromatic rings. The number of benzene rings is 2. The quantitative estimate of drug-likeness (QED) is 0.687. The van der Waals surface area contributed by atoms with Gasteiger partial charge < -0.3 is 9.80 Å². The molecule has 0 aliphatic carbocycles. The van der Waals surface area contributed by atoms with Crippen LogP contribution in [0.5, 0.6) is 0 Å². The van der Waals surface area contributed by atoms with E-state index in [1.54, 1.807) is 6.33 Å². The molecule has 1 aliphatic heterocycles. The third-order valence-electron chi connectivity index (χ3n) is 5.40. The Labute approximate surface area is 172 Å². The number of rotatable bonds is 4. The number of hydrogen-bond donors (Lipinski definition) is 0. The highest BCUT2D eigenvalue weighted by Crippen LogP contribution is 2.22. The fraction of sp³-hybridized carbons (Fsp3) is 0.292. The maximum atomic E-state index is 12.6. The van der Waals surface area contributed by atoms with Gasteiger partial charge in [-0.05, 0) is 25.5 Å². The summed E-state index contributed by atoms with van der Waals surface area (Å²) in [6.45, 7) is 7.14. The van der Waals surface area contributed by atoms with E-state index in [1.165, 1.54) is 11.1 Å². The fourth-order valence-electron chi connectivity index (χ4n) is 3.66. The maximum absolute atomic E-state index is 12.6. The first-order chi connectivity index (χ1) is 14.1. The molecule has 5 nitrogen and oxygen atoms in total. The van der Waals surface area contributed by atoms with Gasteiger partial charge in [-0.15, -0.1) is 0 Å². The molecule has 0 bridgehead atoms. The largest absolute Gasteiger partial charge is 0.353 e. The minimum absolute atomic E-state index is 0.191. The van der Waals surface area contributed by atoms with Crippen molar-refractivity contribution in [3.8, 4) is 11.3 Å². The zero-order valence-electron chi connectivity index (χ0n) is 17.0. The average Bonchev–Trinajstić information content (AvgIpc) is 2.75. The highest BCUT2D eigenvalue weighted by Gasteiger charge is 2.22. The average molecular weight is 386 g/mol. The summed E-state index contributed by atoms with van der Waals surface area (Å²) >= 11 is 0.